The van der Waals surface area contributed by atoms with Crippen molar-refractivity contribution in [3.63, 3.8) is 0 Å². The Morgan fingerprint density at radius 1 is 1.17 bits per heavy atom. The number of aliphatic imine (C=N–C) groups is 1. The minimum Gasteiger partial charge on any atom is -0.467 e. The highest BCUT2D eigenvalue weighted by molar-refractivity contribution is 5.79. The number of hydrogen-bond acceptors (Lipinski definition) is 3. The molecule has 2 rings (SSSR count). The molecule has 5 heteroatoms. The molecule has 0 unspecified atom stereocenters. The topological polar surface area (TPSA) is 58.8 Å². The number of hydrogen-bond donors (Lipinski definition) is 2. The maximum Gasteiger partial charge on any atom is 0.191 e. The molecule has 24 heavy (non-hydrogen) atoms. The van der Waals surface area contributed by atoms with Gasteiger partial charge in [-0.05, 0) is 44.0 Å². The van der Waals surface area contributed by atoms with Crippen LogP contribution in [0.1, 0.15) is 37.7 Å². The van der Waals surface area contributed by atoms with Gasteiger partial charge >= 0.3 is 0 Å². The molecular weight excluding hydrogens is 302 g/mol. The molecule has 2 aromatic rings. The first-order valence-electron chi connectivity index (χ1n) is 8.41. The Bertz CT molecular complexity index is 621. The van der Waals surface area contributed by atoms with Crippen molar-refractivity contribution in [1.82, 2.24) is 10.6 Å². The van der Waals surface area contributed by atoms with E-state index in [1.807, 2.05) is 39.0 Å². The van der Waals surface area contributed by atoms with Gasteiger partial charge in [-0.1, -0.05) is 24.3 Å². The van der Waals surface area contributed by atoms with Crippen molar-refractivity contribution in [3.05, 3.63) is 59.5 Å². The van der Waals surface area contributed by atoms with E-state index in [2.05, 4.69) is 33.8 Å². The van der Waals surface area contributed by atoms with Crippen LogP contribution in [-0.4, -0.2) is 18.6 Å². The minimum absolute atomic E-state index is 0.234. The van der Waals surface area contributed by atoms with Crippen LogP contribution in [0, 0.1) is 0 Å². The molecular formula is C19H27N3O2. The van der Waals surface area contributed by atoms with E-state index >= 15 is 0 Å². The second-order valence-corrected chi connectivity index (χ2v) is 5.81. The summed E-state index contributed by atoms with van der Waals surface area (Å²) in [5.74, 6) is 1.66. The average molecular weight is 329 g/mol. The van der Waals surface area contributed by atoms with Crippen molar-refractivity contribution in [2.24, 2.45) is 4.99 Å². The fourth-order valence-electron chi connectivity index (χ4n) is 2.18. The Balaban J connectivity index is 1.93. The zero-order chi connectivity index (χ0) is 17.2. The van der Waals surface area contributed by atoms with Crippen molar-refractivity contribution in [2.75, 3.05) is 6.54 Å². The molecule has 2 N–H and O–H groups in total. The highest BCUT2D eigenvalue weighted by atomic mass is 16.5. The molecule has 0 fully saturated rings. The molecule has 0 aliphatic carbocycles. The van der Waals surface area contributed by atoms with Crippen LogP contribution in [0.2, 0.25) is 0 Å². The van der Waals surface area contributed by atoms with Gasteiger partial charge in [0.1, 0.15) is 5.76 Å². The molecule has 0 bridgehead atoms. The van der Waals surface area contributed by atoms with Gasteiger partial charge in [0, 0.05) is 6.54 Å². The molecule has 0 aliphatic rings. The van der Waals surface area contributed by atoms with E-state index in [9.17, 15) is 0 Å². The molecule has 0 amide bonds. The first-order chi connectivity index (χ1) is 11.7. The number of nitrogens with zero attached hydrogens (tertiary/aromatic N) is 1. The molecule has 1 aromatic carbocycles. The normalized spacial score (nSPS) is 11.8. The molecule has 0 aliphatic heterocycles. The summed E-state index contributed by atoms with van der Waals surface area (Å²) in [6.07, 6.45) is 1.91. The lowest BCUT2D eigenvalue weighted by atomic mass is 10.1. The lowest BCUT2D eigenvalue weighted by Gasteiger charge is -2.11. The molecule has 0 saturated heterocycles. The summed E-state index contributed by atoms with van der Waals surface area (Å²) in [5, 5.41) is 6.51. The van der Waals surface area contributed by atoms with Gasteiger partial charge in [-0.2, -0.15) is 0 Å². The van der Waals surface area contributed by atoms with E-state index in [-0.39, 0.29) is 6.10 Å². The third-order valence-corrected chi connectivity index (χ3v) is 3.35. The summed E-state index contributed by atoms with van der Waals surface area (Å²) in [6.45, 7) is 8.80. The maximum atomic E-state index is 5.66. The number of rotatable bonds is 8. The SMILES string of the molecule is CCNC(=NCc1cccc(COC(C)C)c1)NCc1ccco1. The second-order valence-electron chi connectivity index (χ2n) is 5.81. The van der Waals surface area contributed by atoms with Gasteiger partial charge in [-0.15, -0.1) is 0 Å². The van der Waals surface area contributed by atoms with Crippen LogP contribution in [-0.2, 0) is 24.4 Å². The Hall–Kier alpha value is -2.27. The molecule has 5 nitrogen and oxygen atoms in total. The molecule has 1 heterocycles. The number of furan rings is 1. The number of nitrogens with one attached hydrogen (secondary N) is 2. The summed E-state index contributed by atoms with van der Waals surface area (Å²) in [4.78, 5) is 4.63. The van der Waals surface area contributed by atoms with Crippen LogP contribution in [0.25, 0.3) is 0 Å². The van der Waals surface area contributed by atoms with E-state index in [4.69, 9.17) is 9.15 Å². The largest absolute Gasteiger partial charge is 0.467 e. The van der Waals surface area contributed by atoms with E-state index in [0.717, 1.165) is 23.8 Å². The van der Waals surface area contributed by atoms with Gasteiger partial charge in [0.25, 0.3) is 0 Å². The van der Waals surface area contributed by atoms with Crippen LogP contribution in [0.3, 0.4) is 0 Å². The van der Waals surface area contributed by atoms with Crippen LogP contribution in [0.15, 0.2) is 52.1 Å². The van der Waals surface area contributed by atoms with Crippen LogP contribution < -0.4 is 10.6 Å². The van der Waals surface area contributed by atoms with E-state index in [1.54, 1.807) is 6.26 Å². The molecule has 0 radical (unpaired) electrons. The van der Waals surface area contributed by atoms with Crippen LogP contribution in [0.5, 0.6) is 0 Å². The fourth-order valence-corrected chi connectivity index (χ4v) is 2.18. The first-order valence-corrected chi connectivity index (χ1v) is 8.41. The zero-order valence-corrected chi connectivity index (χ0v) is 14.7. The molecule has 0 atom stereocenters. The van der Waals surface area contributed by atoms with Crippen molar-refractivity contribution in [3.8, 4) is 0 Å². The van der Waals surface area contributed by atoms with E-state index in [0.29, 0.717) is 19.7 Å². The van der Waals surface area contributed by atoms with Gasteiger partial charge in [0.05, 0.1) is 32.1 Å². The maximum absolute atomic E-state index is 5.66. The lowest BCUT2D eigenvalue weighted by Crippen LogP contribution is -2.36. The average Bonchev–Trinajstić information content (AvgIpc) is 3.09. The Morgan fingerprint density at radius 3 is 2.71 bits per heavy atom. The lowest BCUT2D eigenvalue weighted by molar-refractivity contribution is 0.0657. The second kappa shape index (κ2) is 9.78. The summed E-state index contributed by atoms with van der Waals surface area (Å²) in [6, 6.07) is 12.2. The summed E-state index contributed by atoms with van der Waals surface area (Å²) < 4.78 is 11.0. The quantitative estimate of drug-likeness (QED) is 0.575. The molecule has 0 spiro atoms. The van der Waals surface area contributed by atoms with Gasteiger partial charge < -0.3 is 19.8 Å². The smallest absolute Gasteiger partial charge is 0.191 e. The summed E-state index contributed by atoms with van der Waals surface area (Å²) in [7, 11) is 0. The van der Waals surface area contributed by atoms with Gasteiger partial charge in [-0.25, -0.2) is 4.99 Å². The van der Waals surface area contributed by atoms with Crippen molar-refractivity contribution < 1.29 is 9.15 Å². The predicted octanol–water partition coefficient (Wildman–Crippen LogP) is 3.46. The van der Waals surface area contributed by atoms with Gasteiger partial charge in [0.2, 0.25) is 0 Å². The third kappa shape index (κ3) is 6.46. The van der Waals surface area contributed by atoms with E-state index < -0.39 is 0 Å². The van der Waals surface area contributed by atoms with Crippen molar-refractivity contribution in [2.45, 2.75) is 46.6 Å². The molecule has 0 saturated carbocycles. The van der Waals surface area contributed by atoms with Crippen molar-refractivity contribution in [1.29, 1.82) is 0 Å². The molecule has 1 aromatic heterocycles. The van der Waals surface area contributed by atoms with Gasteiger partial charge in [-0.3, -0.25) is 0 Å². The predicted molar refractivity (Wildman–Crippen MR) is 96.7 cm³/mol. The van der Waals surface area contributed by atoms with Crippen molar-refractivity contribution >= 4 is 5.96 Å². The summed E-state index contributed by atoms with van der Waals surface area (Å²) in [5.41, 5.74) is 2.33. The number of benzene rings is 1. The van der Waals surface area contributed by atoms with E-state index in [1.165, 1.54) is 5.56 Å². The summed E-state index contributed by atoms with van der Waals surface area (Å²) >= 11 is 0. The number of ether oxygens (including phenoxy) is 1. The minimum atomic E-state index is 0.234. The Labute approximate surface area is 144 Å². The zero-order valence-electron chi connectivity index (χ0n) is 14.7. The van der Waals surface area contributed by atoms with Gasteiger partial charge in [0.15, 0.2) is 5.96 Å². The monoisotopic (exact) mass is 329 g/mol. The Morgan fingerprint density at radius 2 is 2.00 bits per heavy atom. The van der Waals surface area contributed by atoms with Crippen LogP contribution >= 0.6 is 0 Å². The standard InChI is InChI=1S/C19H27N3O2/c1-4-20-19(22-13-18-9-6-10-23-18)21-12-16-7-5-8-17(11-16)14-24-15(2)3/h5-11,15H,4,12-14H2,1-3H3,(H2,20,21,22). The highest BCUT2D eigenvalue weighted by Gasteiger charge is 2.02. The Kier molecular flexibility index (Phi) is 7.36. The highest BCUT2D eigenvalue weighted by Crippen LogP contribution is 2.09. The number of guanidine groups is 1. The van der Waals surface area contributed by atoms with Crippen LogP contribution in [0.4, 0.5) is 0 Å². The fraction of sp³-hybridized carbons (Fsp3) is 0.421. The first kappa shape index (κ1) is 18.1. The molecule has 130 valence electrons. The third-order valence-electron chi connectivity index (χ3n) is 3.35.